The van der Waals surface area contributed by atoms with Crippen LogP contribution in [0, 0.1) is 0 Å². The number of rotatable bonds is 13. The van der Waals surface area contributed by atoms with Crippen molar-refractivity contribution in [1.82, 2.24) is 5.32 Å². The van der Waals surface area contributed by atoms with E-state index in [2.05, 4.69) is 36.5 Å². The zero-order valence-electron chi connectivity index (χ0n) is 21.3. The summed E-state index contributed by atoms with van der Waals surface area (Å²) in [6.07, 6.45) is 1.40. The summed E-state index contributed by atoms with van der Waals surface area (Å²) >= 11 is 0. The summed E-state index contributed by atoms with van der Waals surface area (Å²) in [6, 6.07) is 36.6. The lowest BCUT2D eigenvalue weighted by Gasteiger charge is -2.18. The number of aliphatic hydroxyl groups is 1. The Morgan fingerprint density at radius 3 is 1.65 bits per heavy atom. The molecule has 4 aromatic carbocycles. The molecule has 0 aliphatic carbocycles. The molecule has 1 unspecified atom stereocenters. The van der Waals surface area contributed by atoms with Crippen LogP contribution in [0.5, 0.6) is 11.5 Å². The summed E-state index contributed by atoms with van der Waals surface area (Å²) in [6.45, 7) is 3.78. The van der Waals surface area contributed by atoms with Crippen molar-refractivity contribution in [3.8, 4) is 11.5 Å². The Labute approximate surface area is 226 Å². The highest BCUT2D eigenvalue weighted by atomic mass is 35.5. The van der Waals surface area contributed by atoms with E-state index in [0.717, 1.165) is 41.0 Å². The van der Waals surface area contributed by atoms with Gasteiger partial charge in [0.05, 0.1) is 6.10 Å². The molecule has 0 aliphatic heterocycles. The number of hydrogen-bond donors (Lipinski definition) is 2. The summed E-state index contributed by atoms with van der Waals surface area (Å²) < 4.78 is 11.7. The minimum atomic E-state index is -0.559. The van der Waals surface area contributed by atoms with E-state index < -0.39 is 6.10 Å². The number of aryl methyl sites for hydroxylation is 1. The summed E-state index contributed by atoms with van der Waals surface area (Å²) in [5, 5.41) is 14.1. The molecule has 0 bridgehead atoms. The monoisotopic (exact) mass is 517 g/mol. The molecule has 0 spiro atoms. The van der Waals surface area contributed by atoms with E-state index in [9.17, 15) is 5.11 Å². The maximum absolute atomic E-state index is 10.6. The number of nitrogens with one attached hydrogen (secondary N) is 1. The fraction of sp³-hybridized carbons (Fsp3) is 0.250. The molecule has 194 valence electrons. The van der Waals surface area contributed by atoms with E-state index >= 15 is 0 Å². The van der Waals surface area contributed by atoms with Crippen LogP contribution < -0.4 is 14.8 Å². The molecular weight excluding hydrogens is 482 g/mol. The van der Waals surface area contributed by atoms with E-state index in [1.807, 2.05) is 84.9 Å². The highest BCUT2D eigenvalue weighted by Crippen LogP contribution is 2.19. The molecule has 37 heavy (non-hydrogen) atoms. The second-order valence-electron chi connectivity index (χ2n) is 9.13. The van der Waals surface area contributed by atoms with Gasteiger partial charge in [0, 0.05) is 12.6 Å². The van der Waals surface area contributed by atoms with Crippen LogP contribution in [0.3, 0.4) is 0 Å². The Balaban J connectivity index is 0.00000380. The maximum atomic E-state index is 10.6. The van der Waals surface area contributed by atoms with Crippen LogP contribution in [0.1, 0.15) is 41.7 Å². The minimum absolute atomic E-state index is 0. The van der Waals surface area contributed by atoms with Gasteiger partial charge in [-0.3, -0.25) is 0 Å². The molecule has 0 fully saturated rings. The van der Waals surface area contributed by atoms with Crippen molar-refractivity contribution in [2.75, 3.05) is 6.54 Å². The molecule has 0 saturated carbocycles. The third kappa shape index (κ3) is 9.58. The molecule has 0 saturated heterocycles. The number of aliphatic hydroxyl groups excluding tert-OH is 1. The van der Waals surface area contributed by atoms with Gasteiger partial charge in [0.25, 0.3) is 0 Å². The van der Waals surface area contributed by atoms with Crippen LogP contribution in [0.2, 0.25) is 0 Å². The van der Waals surface area contributed by atoms with Crippen LogP contribution >= 0.6 is 12.4 Å². The predicted octanol–water partition coefficient (Wildman–Crippen LogP) is 6.91. The van der Waals surface area contributed by atoms with Gasteiger partial charge in [-0.25, -0.2) is 0 Å². The Bertz CT molecular complexity index is 1150. The highest BCUT2D eigenvalue weighted by Gasteiger charge is 2.10. The average molecular weight is 518 g/mol. The minimum Gasteiger partial charge on any atom is -0.489 e. The maximum Gasteiger partial charge on any atom is 0.119 e. The van der Waals surface area contributed by atoms with Gasteiger partial charge >= 0.3 is 0 Å². The van der Waals surface area contributed by atoms with E-state index in [0.29, 0.717) is 25.8 Å². The average Bonchev–Trinajstić information content (AvgIpc) is 2.94. The van der Waals surface area contributed by atoms with Gasteiger partial charge in [0.2, 0.25) is 0 Å². The highest BCUT2D eigenvalue weighted by molar-refractivity contribution is 5.85. The van der Waals surface area contributed by atoms with Crippen molar-refractivity contribution < 1.29 is 14.6 Å². The predicted molar refractivity (Wildman–Crippen MR) is 152 cm³/mol. The zero-order chi connectivity index (χ0) is 25.0. The van der Waals surface area contributed by atoms with Gasteiger partial charge in [0.1, 0.15) is 24.7 Å². The lowest BCUT2D eigenvalue weighted by molar-refractivity contribution is 0.170. The van der Waals surface area contributed by atoms with Crippen molar-refractivity contribution in [2.45, 2.75) is 45.1 Å². The van der Waals surface area contributed by atoms with Crippen LogP contribution in [0.4, 0.5) is 0 Å². The van der Waals surface area contributed by atoms with Crippen LogP contribution in [0.25, 0.3) is 0 Å². The first-order chi connectivity index (χ1) is 17.7. The van der Waals surface area contributed by atoms with Crippen molar-refractivity contribution in [1.29, 1.82) is 0 Å². The van der Waals surface area contributed by atoms with E-state index in [4.69, 9.17) is 9.47 Å². The molecule has 0 aliphatic rings. The Kier molecular flexibility index (Phi) is 11.5. The number of halogens is 1. The third-order valence-corrected chi connectivity index (χ3v) is 6.21. The van der Waals surface area contributed by atoms with Gasteiger partial charge < -0.3 is 19.9 Å². The van der Waals surface area contributed by atoms with Crippen molar-refractivity contribution in [2.24, 2.45) is 0 Å². The fourth-order valence-electron chi connectivity index (χ4n) is 3.94. The number of benzene rings is 4. The van der Waals surface area contributed by atoms with Crippen molar-refractivity contribution in [3.05, 3.63) is 131 Å². The van der Waals surface area contributed by atoms with Crippen molar-refractivity contribution in [3.63, 3.8) is 0 Å². The second-order valence-corrected chi connectivity index (χ2v) is 9.13. The molecule has 0 amide bonds. The molecule has 5 heteroatoms. The first kappa shape index (κ1) is 28.3. The van der Waals surface area contributed by atoms with E-state index in [-0.39, 0.29) is 12.4 Å². The lowest BCUT2D eigenvalue weighted by Crippen LogP contribution is -2.30. The van der Waals surface area contributed by atoms with Gasteiger partial charge in [-0.15, -0.1) is 12.4 Å². The normalized spacial score (nSPS) is 12.3. The molecule has 4 rings (SSSR count). The summed E-state index contributed by atoms with van der Waals surface area (Å²) in [4.78, 5) is 0. The summed E-state index contributed by atoms with van der Waals surface area (Å²) in [7, 11) is 0. The summed E-state index contributed by atoms with van der Waals surface area (Å²) in [5.74, 6) is 1.68. The zero-order valence-corrected chi connectivity index (χ0v) is 22.1. The van der Waals surface area contributed by atoms with Gasteiger partial charge in [-0.2, -0.15) is 0 Å². The Morgan fingerprint density at radius 2 is 1.14 bits per heavy atom. The standard InChI is InChI=1S/C32H35NO3.ClH/c1-25(12-13-26-14-18-30(19-15-26)35-23-27-8-4-2-5-9-27)33-22-32(34)29-16-20-31(21-17-29)36-24-28-10-6-3-7-11-28;/h2-11,14-21,25,32-34H,12-13,22-24H2,1H3;1H/t25-,32?;/m1./s1. The third-order valence-electron chi connectivity index (χ3n) is 6.21. The first-order valence-electron chi connectivity index (χ1n) is 12.6. The van der Waals surface area contributed by atoms with Crippen LogP contribution in [-0.4, -0.2) is 17.7 Å². The number of ether oxygens (including phenoxy) is 2. The molecule has 0 radical (unpaired) electrons. The molecule has 2 N–H and O–H groups in total. The molecule has 2 atom stereocenters. The van der Waals surface area contributed by atoms with E-state index in [1.165, 1.54) is 5.56 Å². The Morgan fingerprint density at radius 1 is 0.649 bits per heavy atom. The van der Waals surface area contributed by atoms with Gasteiger partial charge in [-0.05, 0) is 66.3 Å². The smallest absolute Gasteiger partial charge is 0.119 e. The van der Waals surface area contributed by atoms with Crippen molar-refractivity contribution >= 4 is 12.4 Å². The molecule has 0 aromatic heterocycles. The van der Waals surface area contributed by atoms with E-state index in [1.54, 1.807) is 0 Å². The van der Waals surface area contributed by atoms with Gasteiger partial charge in [-0.1, -0.05) is 84.9 Å². The molecule has 4 aromatic rings. The molecular formula is C32H36ClNO3. The SMILES string of the molecule is C[C@H](CCc1ccc(OCc2ccccc2)cc1)NCC(O)c1ccc(OCc2ccccc2)cc1.Cl. The topological polar surface area (TPSA) is 50.7 Å². The molecule has 4 nitrogen and oxygen atoms in total. The summed E-state index contributed by atoms with van der Waals surface area (Å²) in [5.41, 5.74) is 4.46. The number of hydrogen-bond acceptors (Lipinski definition) is 4. The quantitative estimate of drug-likeness (QED) is 0.202. The Hall–Kier alpha value is -3.31. The lowest BCUT2D eigenvalue weighted by atomic mass is 10.1. The second kappa shape index (κ2) is 15.1. The first-order valence-corrected chi connectivity index (χ1v) is 12.6. The fourth-order valence-corrected chi connectivity index (χ4v) is 3.94. The van der Waals surface area contributed by atoms with Crippen LogP contribution in [-0.2, 0) is 19.6 Å². The van der Waals surface area contributed by atoms with Crippen LogP contribution in [0.15, 0.2) is 109 Å². The van der Waals surface area contributed by atoms with Gasteiger partial charge in [0.15, 0.2) is 0 Å². The molecule has 0 heterocycles. The largest absolute Gasteiger partial charge is 0.489 e.